The Morgan fingerprint density at radius 2 is 2.00 bits per heavy atom. The van der Waals surface area contributed by atoms with Gasteiger partial charge in [-0.2, -0.15) is 0 Å². The van der Waals surface area contributed by atoms with Crippen LogP contribution in [-0.2, 0) is 19.6 Å². The zero-order valence-electron chi connectivity index (χ0n) is 14.5. The average molecular weight is 349 g/mol. The standard InChI is InChI=1S/C15H31N3O4S/c1-4-9-18(14-5-7-16-8-6-14)15(19)12-17-23(20,21)11-10-22-13(2)3/h13-14,16-17H,4-12H2,1-3H3. The van der Waals surface area contributed by atoms with Gasteiger partial charge in [0.15, 0.2) is 0 Å². The molecule has 0 atom stereocenters. The van der Waals surface area contributed by atoms with Crippen LogP contribution in [0.5, 0.6) is 0 Å². The van der Waals surface area contributed by atoms with E-state index < -0.39 is 10.0 Å². The molecule has 0 aromatic carbocycles. The number of carbonyl (C=O) groups is 1. The third-order valence-corrected chi connectivity index (χ3v) is 5.07. The molecule has 0 aromatic rings. The monoisotopic (exact) mass is 349 g/mol. The van der Waals surface area contributed by atoms with Gasteiger partial charge in [-0.05, 0) is 46.2 Å². The van der Waals surface area contributed by atoms with Gasteiger partial charge in [0.25, 0.3) is 0 Å². The first kappa shape index (κ1) is 20.3. The van der Waals surface area contributed by atoms with E-state index in [4.69, 9.17) is 4.74 Å². The summed E-state index contributed by atoms with van der Waals surface area (Å²) in [5, 5.41) is 3.28. The molecule has 0 radical (unpaired) electrons. The Labute approximate surface area is 140 Å². The van der Waals surface area contributed by atoms with Gasteiger partial charge in [-0.3, -0.25) is 4.79 Å². The Kier molecular flexibility index (Phi) is 9.04. The predicted molar refractivity (Wildman–Crippen MR) is 90.8 cm³/mol. The number of ether oxygens (including phenoxy) is 1. The fourth-order valence-electron chi connectivity index (χ4n) is 2.61. The molecule has 8 heteroatoms. The lowest BCUT2D eigenvalue weighted by atomic mass is 10.0. The number of piperidine rings is 1. The van der Waals surface area contributed by atoms with Gasteiger partial charge < -0.3 is 15.0 Å². The molecule has 23 heavy (non-hydrogen) atoms. The van der Waals surface area contributed by atoms with Gasteiger partial charge in [0, 0.05) is 12.6 Å². The molecule has 1 heterocycles. The summed E-state index contributed by atoms with van der Waals surface area (Å²) in [6.45, 7) is 8.15. The molecule has 1 aliphatic rings. The van der Waals surface area contributed by atoms with E-state index in [1.54, 1.807) is 0 Å². The minimum atomic E-state index is -3.49. The number of hydrogen-bond acceptors (Lipinski definition) is 5. The highest BCUT2D eigenvalue weighted by Crippen LogP contribution is 2.12. The molecule has 2 N–H and O–H groups in total. The lowest BCUT2D eigenvalue weighted by molar-refractivity contribution is -0.132. The Bertz CT molecular complexity index is 448. The zero-order chi connectivity index (χ0) is 17.3. The van der Waals surface area contributed by atoms with Gasteiger partial charge in [-0.1, -0.05) is 6.92 Å². The van der Waals surface area contributed by atoms with Crippen LogP contribution in [0.25, 0.3) is 0 Å². The van der Waals surface area contributed by atoms with Crippen LogP contribution in [0.2, 0.25) is 0 Å². The minimum absolute atomic E-state index is 0.00760. The van der Waals surface area contributed by atoms with Gasteiger partial charge in [-0.25, -0.2) is 13.1 Å². The molecule has 1 fully saturated rings. The van der Waals surface area contributed by atoms with Gasteiger partial charge in [0.2, 0.25) is 15.9 Å². The van der Waals surface area contributed by atoms with Crippen LogP contribution in [0, 0.1) is 0 Å². The van der Waals surface area contributed by atoms with E-state index in [1.807, 2.05) is 25.7 Å². The van der Waals surface area contributed by atoms with Crippen LogP contribution in [0.15, 0.2) is 0 Å². The Morgan fingerprint density at radius 3 is 2.57 bits per heavy atom. The molecule has 0 aliphatic carbocycles. The van der Waals surface area contributed by atoms with Crippen molar-refractivity contribution in [2.45, 2.75) is 52.2 Å². The van der Waals surface area contributed by atoms with Crippen molar-refractivity contribution in [1.29, 1.82) is 0 Å². The van der Waals surface area contributed by atoms with Gasteiger partial charge in [0.05, 0.1) is 25.0 Å². The van der Waals surface area contributed by atoms with Crippen LogP contribution in [0.4, 0.5) is 0 Å². The molecule has 0 spiro atoms. The fraction of sp³-hybridized carbons (Fsp3) is 0.933. The second kappa shape index (κ2) is 10.2. The molecule has 1 saturated heterocycles. The van der Waals surface area contributed by atoms with Crippen LogP contribution >= 0.6 is 0 Å². The largest absolute Gasteiger partial charge is 0.378 e. The van der Waals surface area contributed by atoms with E-state index in [1.165, 1.54) is 0 Å². The first-order valence-corrected chi connectivity index (χ1v) is 10.1. The van der Waals surface area contributed by atoms with E-state index in [-0.39, 0.29) is 37.0 Å². The predicted octanol–water partition coefficient (Wildman–Crippen LogP) is 0.321. The van der Waals surface area contributed by atoms with Crippen LogP contribution < -0.4 is 10.0 Å². The molecule has 0 unspecified atom stereocenters. The summed E-state index contributed by atoms with van der Waals surface area (Å²) >= 11 is 0. The zero-order valence-corrected chi connectivity index (χ0v) is 15.3. The Hall–Kier alpha value is -0.700. The fourth-order valence-corrected chi connectivity index (χ4v) is 3.41. The average Bonchev–Trinajstić information content (AvgIpc) is 2.50. The molecule has 7 nitrogen and oxygen atoms in total. The molecule has 0 bridgehead atoms. The molecule has 0 aromatic heterocycles. The maximum absolute atomic E-state index is 12.4. The van der Waals surface area contributed by atoms with Gasteiger partial charge in [-0.15, -0.1) is 0 Å². The molecular weight excluding hydrogens is 318 g/mol. The highest BCUT2D eigenvalue weighted by atomic mass is 32.2. The minimum Gasteiger partial charge on any atom is -0.378 e. The van der Waals surface area contributed by atoms with Crippen molar-refractivity contribution in [2.75, 3.05) is 38.5 Å². The third-order valence-electron chi connectivity index (χ3n) is 3.78. The van der Waals surface area contributed by atoms with Crippen LogP contribution in [-0.4, -0.2) is 69.9 Å². The number of nitrogens with one attached hydrogen (secondary N) is 2. The molecule has 1 rings (SSSR count). The SMILES string of the molecule is CCCN(C(=O)CNS(=O)(=O)CCOC(C)C)C1CCNCC1. The number of carbonyl (C=O) groups excluding carboxylic acids is 1. The van der Waals surface area contributed by atoms with Crippen LogP contribution in [0.3, 0.4) is 0 Å². The number of sulfonamides is 1. The van der Waals surface area contributed by atoms with E-state index in [0.717, 1.165) is 32.4 Å². The second-order valence-corrected chi connectivity index (χ2v) is 8.05. The third kappa shape index (κ3) is 8.10. The summed E-state index contributed by atoms with van der Waals surface area (Å²) in [5.74, 6) is -0.272. The molecule has 0 saturated carbocycles. The number of rotatable bonds is 10. The summed E-state index contributed by atoms with van der Waals surface area (Å²) in [6, 6.07) is 0.206. The van der Waals surface area contributed by atoms with Crippen molar-refractivity contribution < 1.29 is 17.9 Å². The maximum atomic E-state index is 12.4. The maximum Gasteiger partial charge on any atom is 0.237 e. The van der Waals surface area contributed by atoms with Crippen molar-refractivity contribution in [2.24, 2.45) is 0 Å². The molecule has 1 amide bonds. The van der Waals surface area contributed by atoms with Crippen molar-refractivity contribution in [1.82, 2.24) is 14.9 Å². The molecule has 136 valence electrons. The summed E-state index contributed by atoms with van der Waals surface area (Å²) in [4.78, 5) is 14.2. The van der Waals surface area contributed by atoms with E-state index in [0.29, 0.717) is 6.54 Å². The summed E-state index contributed by atoms with van der Waals surface area (Å²) in [5.41, 5.74) is 0. The lowest BCUT2D eigenvalue weighted by Crippen LogP contribution is -2.49. The number of nitrogens with zero attached hydrogens (tertiary/aromatic N) is 1. The van der Waals surface area contributed by atoms with Crippen molar-refractivity contribution in [3.63, 3.8) is 0 Å². The van der Waals surface area contributed by atoms with Gasteiger partial charge in [0.1, 0.15) is 0 Å². The van der Waals surface area contributed by atoms with Crippen molar-refractivity contribution in [3.8, 4) is 0 Å². The molecule has 1 aliphatic heterocycles. The number of amides is 1. The summed E-state index contributed by atoms with van der Waals surface area (Å²) in [6.07, 6.45) is 2.69. The first-order valence-electron chi connectivity index (χ1n) is 8.45. The molecular formula is C15H31N3O4S. The smallest absolute Gasteiger partial charge is 0.237 e. The summed E-state index contributed by atoms with van der Waals surface area (Å²) in [7, 11) is -3.49. The number of hydrogen-bond donors (Lipinski definition) is 2. The van der Waals surface area contributed by atoms with Gasteiger partial charge >= 0.3 is 0 Å². The van der Waals surface area contributed by atoms with E-state index >= 15 is 0 Å². The van der Waals surface area contributed by atoms with Crippen molar-refractivity contribution >= 4 is 15.9 Å². The van der Waals surface area contributed by atoms with Crippen molar-refractivity contribution in [3.05, 3.63) is 0 Å². The topological polar surface area (TPSA) is 87.7 Å². The first-order chi connectivity index (χ1) is 10.9. The normalized spacial score (nSPS) is 16.7. The van der Waals surface area contributed by atoms with E-state index in [2.05, 4.69) is 10.0 Å². The van der Waals surface area contributed by atoms with E-state index in [9.17, 15) is 13.2 Å². The Balaban J connectivity index is 2.47. The quantitative estimate of drug-likeness (QED) is 0.593. The lowest BCUT2D eigenvalue weighted by Gasteiger charge is -2.34. The summed E-state index contributed by atoms with van der Waals surface area (Å²) < 4.78 is 31.4. The second-order valence-electron chi connectivity index (χ2n) is 6.13. The highest BCUT2D eigenvalue weighted by Gasteiger charge is 2.25. The highest BCUT2D eigenvalue weighted by molar-refractivity contribution is 7.89. The Morgan fingerprint density at radius 1 is 1.35 bits per heavy atom. The van der Waals surface area contributed by atoms with Crippen LogP contribution in [0.1, 0.15) is 40.0 Å².